The zero-order chi connectivity index (χ0) is 12.0. The Balaban J connectivity index is 2.40. The second-order valence-corrected chi connectivity index (χ2v) is 4.21. The number of hydrogen-bond donors (Lipinski definition) is 1. The summed E-state index contributed by atoms with van der Waals surface area (Å²) >= 11 is 1.51. The molecule has 0 saturated carbocycles. The van der Waals surface area contributed by atoms with Crippen LogP contribution >= 0.6 is 11.3 Å². The Labute approximate surface area is 97.9 Å². The van der Waals surface area contributed by atoms with Gasteiger partial charge in [-0.05, 0) is 28.8 Å². The summed E-state index contributed by atoms with van der Waals surface area (Å²) in [6.45, 7) is 1.80. The molecular formula is C11H14O4S. The minimum absolute atomic E-state index is 0.133. The summed E-state index contributed by atoms with van der Waals surface area (Å²) < 4.78 is 5.07. The highest BCUT2D eigenvalue weighted by Crippen LogP contribution is 2.10. The largest absolute Gasteiger partial charge is 0.481 e. The zero-order valence-electron chi connectivity index (χ0n) is 9.01. The molecule has 1 aromatic heterocycles. The van der Waals surface area contributed by atoms with Crippen LogP contribution in [0.4, 0.5) is 0 Å². The first-order chi connectivity index (χ1) is 7.61. The van der Waals surface area contributed by atoms with E-state index < -0.39 is 12.1 Å². The number of carbonyl (C=O) groups excluding carboxylic acids is 1. The van der Waals surface area contributed by atoms with E-state index in [9.17, 15) is 9.59 Å². The topological polar surface area (TPSA) is 63.6 Å². The van der Waals surface area contributed by atoms with Gasteiger partial charge in [-0.1, -0.05) is 6.92 Å². The monoisotopic (exact) mass is 242 g/mol. The molecule has 1 rings (SSSR count). The third-order valence-electron chi connectivity index (χ3n) is 2.08. The summed E-state index contributed by atoms with van der Waals surface area (Å²) in [4.78, 5) is 21.9. The molecule has 0 saturated heterocycles. The number of carboxylic acid groups (broad SMARTS) is 1. The predicted octanol–water partition coefficient (Wildman–Crippen LogP) is 2.09. The number of aliphatic carboxylic acids is 1. The quantitative estimate of drug-likeness (QED) is 0.776. The first-order valence-corrected chi connectivity index (χ1v) is 5.98. The highest BCUT2D eigenvalue weighted by atomic mass is 32.1. The van der Waals surface area contributed by atoms with Crippen molar-refractivity contribution in [2.45, 2.75) is 32.3 Å². The summed E-state index contributed by atoms with van der Waals surface area (Å²) in [6.07, 6.45) is 0.0660. The van der Waals surface area contributed by atoms with Crippen LogP contribution in [0, 0.1) is 0 Å². The van der Waals surface area contributed by atoms with Crippen LogP contribution in [0.5, 0.6) is 0 Å². The molecule has 1 unspecified atom stereocenters. The van der Waals surface area contributed by atoms with Crippen LogP contribution in [-0.4, -0.2) is 23.1 Å². The van der Waals surface area contributed by atoms with Crippen molar-refractivity contribution >= 4 is 23.3 Å². The van der Waals surface area contributed by atoms with Gasteiger partial charge >= 0.3 is 11.9 Å². The standard InChI is InChI=1S/C11H14O4S/c1-2-9(6-10(12)13)15-11(14)5-8-3-4-16-7-8/h3-4,7,9H,2,5-6H2,1H3,(H,12,13). The molecule has 0 radical (unpaired) electrons. The van der Waals surface area contributed by atoms with Crippen LogP contribution in [0.15, 0.2) is 16.8 Å². The normalized spacial score (nSPS) is 12.1. The van der Waals surface area contributed by atoms with E-state index in [-0.39, 0.29) is 18.8 Å². The number of esters is 1. The maximum absolute atomic E-state index is 11.5. The summed E-state index contributed by atoms with van der Waals surface area (Å²) in [7, 11) is 0. The molecule has 1 N–H and O–H groups in total. The van der Waals surface area contributed by atoms with Crippen molar-refractivity contribution < 1.29 is 19.4 Å². The van der Waals surface area contributed by atoms with Crippen LogP contribution in [0.2, 0.25) is 0 Å². The van der Waals surface area contributed by atoms with E-state index >= 15 is 0 Å². The number of rotatable bonds is 6. The second-order valence-electron chi connectivity index (χ2n) is 3.43. The maximum atomic E-state index is 11.5. The van der Waals surface area contributed by atoms with Crippen molar-refractivity contribution in [2.24, 2.45) is 0 Å². The average Bonchev–Trinajstić information content (AvgIpc) is 2.68. The van der Waals surface area contributed by atoms with Gasteiger partial charge in [0, 0.05) is 0 Å². The summed E-state index contributed by atoms with van der Waals surface area (Å²) in [5.41, 5.74) is 0.903. The Morgan fingerprint density at radius 1 is 1.56 bits per heavy atom. The van der Waals surface area contributed by atoms with Crippen molar-refractivity contribution in [1.29, 1.82) is 0 Å². The number of ether oxygens (including phenoxy) is 1. The van der Waals surface area contributed by atoms with Crippen molar-refractivity contribution in [1.82, 2.24) is 0 Å². The van der Waals surface area contributed by atoms with Gasteiger partial charge in [0.1, 0.15) is 6.10 Å². The molecular weight excluding hydrogens is 228 g/mol. The van der Waals surface area contributed by atoms with Crippen LogP contribution in [-0.2, 0) is 20.7 Å². The van der Waals surface area contributed by atoms with Crippen LogP contribution < -0.4 is 0 Å². The van der Waals surface area contributed by atoms with Crippen molar-refractivity contribution in [3.05, 3.63) is 22.4 Å². The highest BCUT2D eigenvalue weighted by molar-refractivity contribution is 7.07. The van der Waals surface area contributed by atoms with E-state index in [1.165, 1.54) is 11.3 Å². The molecule has 4 nitrogen and oxygen atoms in total. The van der Waals surface area contributed by atoms with Crippen LogP contribution in [0.3, 0.4) is 0 Å². The molecule has 1 aromatic rings. The number of hydrogen-bond acceptors (Lipinski definition) is 4. The lowest BCUT2D eigenvalue weighted by Gasteiger charge is -2.13. The third kappa shape index (κ3) is 4.44. The van der Waals surface area contributed by atoms with E-state index in [0.717, 1.165) is 5.56 Å². The fourth-order valence-corrected chi connectivity index (χ4v) is 1.92. The summed E-state index contributed by atoms with van der Waals surface area (Å²) in [5.74, 6) is -1.32. The molecule has 0 amide bonds. The first-order valence-electron chi connectivity index (χ1n) is 5.04. The van der Waals surface area contributed by atoms with Gasteiger partial charge in [0.05, 0.1) is 12.8 Å². The molecule has 5 heteroatoms. The van der Waals surface area contributed by atoms with Gasteiger partial charge in [0.25, 0.3) is 0 Å². The molecule has 0 aromatic carbocycles. The van der Waals surface area contributed by atoms with Crippen molar-refractivity contribution in [2.75, 3.05) is 0 Å². The van der Waals surface area contributed by atoms with Crippen LogP contribution in [0.1, 0.15) is 25.3 Å². The summed E-state index contributed by atoms with van der Waals surface area (Å²) in [5, 5.41) is 12.4. The molecule has 0 aliphatic rings. The molecule has 16 heavy (non-hydrogen) atoms. The fraction of sp³-hybridized carbons (Fsp3) is 0.455. The van der Waals surface area contributed by atoms with Gasteiger partial charge in [-0.2, -0.15) is 11.3 Å². The van der Waals surface area contributed by atoms with E-state index in [1.54, 1.807) is 6.92 Å². The maximum Gasteiger partial charge on any atom is 0.310 e. The first kappa shape index (κ1) is 12.7. The lowest BCUT2D eigenvalue weighted by Crippen LogP contribution is -2.21. The Morgan fingerprint density at radius 2 is 2.31 bits per heavy atom. The molecule has 0 spiro atoms. The molecule has 0 aliphatic heterocycles. The molecule has 88 valence electrons. The average molecular weight is 242 g/mol. The van der Waals surface area contributed by atoms with E-state index in [0.29, 0.717) is 6.42 Å². The van der Waals surface area contributed by atoms with Gasteiger partial charge in [-0.25, -0.2) is 0 Å². The minimum Gasteiger partial charge on any atom is -0.481 e. The van der Waals surface area contributed by atoms with E-state index in [1.807, 2.05) is 16.8 Å². The minimum atomic E-state index is -0.949. The number of carbonyl (C=O) groups is 2. The Morgan fingerprint density at radius 3 is 2.81 bits per heavy atom. The highest BCUT2D eigenvalue weighted by Gasteiger charge is 2.16. The van der Waals surface area contributed by atoms with E-state index in [4.69, 9.17) is 9.84 Å². The SMILES string of the molecule is CCC(CC(=O)O)OC(=O)Cc1ccsc1. The van der Waals surface area contributed by atoms with Gasteiger partial charge in [0.15, 0.2) is 0 Å². The van der Waals surface area contributed by atoms with Crippen molar-refractivity contribution in [3.8, 4) is 0 Å². The predicted molar refractivity (Wildman–Crippen MR) is 60.4 cm³/mol. The van der Waals surface area contributed by atoms with Crippen molar-refractivity contribution in [3.63, 3.8) is 0 Å². The number of carboxylic acids is 1. The second kappa shape index (κ2) is 6.27. The Hall–Kier alpha value is -1.36. The smallest absolute Gasteiger partial charge is 0.310 e. The lowest BCUT2D eigenvalue weighted by atomic mass is 10.2. The zero-order valence-corrected chi connectivity index (χ0v) is 9.83. The van der Waals surface area contributed by atoms with Gasteiger partial charge in [-0.3, -0.25) is 9.59 Å². The summed E-state index contributed by atoms with van der Waals surface area (Å²) in [6, 6.07) is 1.85. The molecule has 1 atom stereocenters. The van der Waals surface area contributed by atoms with Gasteiger partial charge in [0.2, 0.25) is 0 Å². The van der Waals surface area contributed by atoms with Gasteiger partial charge < -0.3 is 9.84 Å². The molecule has 1 heterocycles. The lowest BCUT2D eigenvalue weighted by molar-refractivity contribution is -0.152. The molecule has 0 fully saturated rings. The Bertz CT molecular complexity index is 345. The van der Waals surface area contributed by atoms with Crippen LogP contribution in [0.25, 0.3) is 0 Å². The van der Waals surface area contributed by atoms with Gasteiger partial charge in [-0.15, -0.1) is 0 Å². The molecule has 0 bridgehead atoms. The van der Waals surface area contributed by atoms with E-state index in [2.05, 4.69) is 0 Å². The fourth-order valence-electron chi connectivity index (χ4n) is 1.25. The molecule has 0 aliphatic carbocycles. The third-order valence-corrected chi connectivity index (χ3v) is 2.82. The number of thiophene rings is 1. The Kier molecular flexibility index (Phi) is 4.98.